The number of aromatic nitrogens is 3. The van der Waals surface area contributed by atoms with Crippen molar-refractivity contribution in [3.05, 3.63) is 91.3 Å². The Hall–Kier alpha value is -4.10. The van der Waals surface area contributed by atoms with Crippen LogP contribution in [-0.4, -0.2) is 48.7 Å². The van der Waals surface area contributed by atoms with Gasteiger partial charge in [-0.1, -0.05) is 23.7 Å². The Bertz CT molecular complexity index is 1800. The molecule has 1 aliphatic heterocycles. The number of aryl methyl sites for hydroxylation is 1. The first-order chi connectivity index (χ1) is 20.9. The molecule has 1 atom stereocenters. The first-order valence-corrected chi connectivity index (χ1v) is 14.9. The summed E-state index contributed by atoms with van der Waals surface area (Å²) in [5.41, 5.74) is 3.06. The number of amides is 1. The lowest BCUT2D eigenvalue weighted by atomic mass is 9.84. The molecule has 6 rings (SSSR count). The second-order valence-corrected chi connectivity index (χ2v) is 12.1. The van der Waals surface area contributed by atoms with E-state index in [1.54, 1.807) is 10.4 Å². The second-order valence-electron chi connectivity index (χ2n) is 10.7. The summed E-state index contributed by atoms with van der Waals surface area (Å²) in [4.78, 5) is 46.0. The SMILES string of the molecule is O=C(O)c1ccc(-c2nn(C(=O)c3c(Cl)cccc3CCC(F)(F)F)c3c2CCC(C(=O)N2Cc4ncsc4C2)C3)c(F)c1. The van der Waals surface area contributed by atoms with Crippen LogP contribution in [0.4, 0.5) is 17.6 Å². The van der Waals surface area contributed by atoms with Crippen molar-refractivity contribution in [1.82, 2.24) is 19.7 Å². The van der Waals surface area contributed by atoms with Crippen LogP contribution in [0, 0.1) is 11.7 Å². The van der Waals surface area contributed by atoms with E-state index >= 15 is 4.39 Å². The van der Waals surface area contributed by atoms with Gasteiger partial charge in [-0.2, -0.15) is 23.0 Å². The summed E-state index contributed by atoms with van der Waals surface area (Å²) in [5.74, 6) is -3.68. The van der Waals surface area contributed by atoms with Crippen molar-refractivity contribution in [2.75, 3.05) is 0 Å². The maximum atomic E-state index is 15.3. The van der Waals surface area contributed by atoms with E-state index in [1.165, 1.54) is 41.7 Å². The molecule has 0 saturated heterocycles. The molecule has 2 aliphatic rings. The van der Waals surface area contributed by atoms with E-state index in [0.717, 1.165) is 21.3 Å². The number of hydrogen-bond acceptors (Lipinski definition) is 6. The van der Waals surface area contributed by atoms with Crippen molar-refractivity contribution in [2.45, 2.75) is 51.4 Å². The number of halogens is 5. The maximum Gasteiger partial charge on any atom is 0.389 e. The number of aromatic carboxylic acids is 1. The van der Waals surface area contributed by atoms with Crippen molar-refractivity contribution in [3.8, 4) is 11.3 Å². The van der Waals surface area contributed by atoms with Crippen molar-refractivity contribution in [3.63, 3.8) is 0 Å². The van der Waals surface area contributed by atoms with Gasteiger partial charge in [-0.05, 0) is 49.1 Å². The van der Waals surface area contributed by atoms with Gasteiger partial charge in [-0.15, -0.1) is 11.3 Å². The van der Waals surface area contributed by atoms with Crippen LogP contribution in [0.25, 0.3) is 11.3 Å². The lowest BCUT2D eigenvalue weighted by Gasteiger charge is -2.27. The quantitative estimate of drug-likeness (QED) is 0.246. The average molecular weight is 647 g/mol. The van der Waals surface area contributed by atoms with Crippen LogP contribution in [0.3, 0.4) is 0 Å². The number of alkyl halides is 3. The Balaban J connectivity index is 1.41. The zero-order chi connectivity index (χ0) is 31.3. The van der Waals surface area contributed by atoms with Gasteiger partial charge in [-0.25, -0.2) is 14.2 Å². The Morgan fingerprint density at radius 2 is 1.93 bits per heavy atom. The fraction of sp³-hybridized carbons (Fsp3) is 0.300. The van der Waals surface area contributed by atoms with E-state index < -0.39 is 42.6 Å². The van der Waals surface area contributed by atoms with Gasteiger partial charge in [-0.3, -0.25) is 9.59 Å². The van der Waals surface area contributed by atoms with Crippen molar-refractivity contribution in [2.24, 2.45) is 5.92 Å². The summed E-state index contributed by atoms with van der Waals surface area (Å²) in [6, 6.07) is 7.55. The van der Waals surface area contributed by atoms with Crippen LogP contribution in [0.2, 0.25) is 5.02 Å². The van der Waals surface area contributed by atoms with Gasteiger partial charge in [0.15, 0.2) is 0 Å². The number of carbonyl (C=O) groups is 3. The number of carboxylic acids is 1. The van der Waals surface area contributed by atoms with Crippen LogP contribution < -0.4 is 0 Å². The Morgan fingerprint density at radius 3 is 2.64 bits per heavy atom. The van der Waals surface area contributed by atoms with E-state index in [9.17, 15) is 32.7 Å². The molecule has 1 unspecified atom stereocenters. The zero-order valence-electron chi connectivity index (χ0n) is 22.8. The predicted octanol–water partition coefficient (Wildman–Crippen LogP) is 6.33. The molecule has 0 bridgehead atoms. The number of benzene rings is 2. The Morgan fingerprint density at radius 1 is 1.14 bits per heavy atom. The number of fused-ring (bicyclic) bond motifs is 2. The zero-order valence-corrected chi connectivity index (χ0v) is 24.4. The third-order valence-electron chi connectivity index (χ3n) is 7.99. The minimum atomic E-state index is -4.47. The monoisotopic (exact) mass is 646 g/mol. The van der Waals surface area contributed by atoms with Crippen molar-refractivity contribution >= 4 is 40.7 Å². The molecule has 8 nitrogen and oxygen atoms in total. The molecule has 1 aliphatic carbocycles. The average Bonchev–Trinajstić information content (AvgIpc) is 3.69. The van der Waals surface area contributed by atoms with Gasteiger partial charge in [0.1, 0.15) is 5.82 Å². The number of nitrogens with zero attached hydrogens (tertiary/aromatic N) is 4. The largest absolute Gasteiger partial charge is 0.478 e. The minimum absolute atomic E-state index is 0.0471. The second kappa shape index (κ2) is 11.4. The molecular formula is C30H23ClF4N4O4S. The third kappa shape index (κ3) is 5.61. The fourth-order valence-electron chi connectivity index (χ4n) is 5.82. The van der Waals surface area contributed by atoms with Crippen molar-refractivity contribution in [1.29, 1.82) is 0 Å². The first-order valence-electron chi connectivity index (χ1n) is 13.6. The van der Waals surface area contributed by atoms with Gasteiger partial charge >= 0.3 is 12.1 Å². The number of hydrogen-bond donors (Lipinski definition) is 1. The summed E-state index contributed by atoms with van der Waals surface area (Å²) in [6.45, 7) is 0.794. The highest BCUT2D eigenvalue weighted by Gasteiger charge is 2.37. The molecular weight excluding hydrogens is 624 g/mol. The molecule has 0 radical (unpaired) electrons. The number of thiazole rings is 1. The molecule has 1 amide bonds. The van der Waals surface area contributed by atoms with E-state index in [0.29, 0.717) is 30.8 Å². The highest BCUT2D eigenvalue weighted by atomic mass is 35.5. The molecule has 0 fully saturated rings. The summed E-state index contributed by atoms with van der Waals surface area (Å²) in [5, 5.41) is 13.6. The standard InChI is InChI=1S/C30H23ClF4N4O4S/c31-20-3-1-2-15(8-9-30(33,34)35)25(20)28(41)39-23-11-16(27(40)38-12-22-24(13-38)44-14-36-22)4-7-19(23)26(37-39)18-6-5-17(29(42)43)10-21(18)32/h1-3,5-6,10,14,16H,4,7-9,11-13H2,(H,42,43). The van der Waals surface area contributed by atoms with Gasteiger partial charge in [0.05, 0.1) is 51.8 Å². The Labute approximate surface area is 256 Å². The van der Waals surface area contributed by atoms with Gasteiger partial charge < -0.3 is 10.0 Å². The van der Waals surface area contributed by atoms with Gasteiger partial charge in [0, 0.05) is 34.8 Å². The van der Waals surface area contributed by atoms with E-state index in [-0.39, 0.29) is 51.7 Å². The van der Waals surface area contributed by atoms with E-state index in [4.69, 9.17) is 11.6 Å². The van der Waals surface area contributed by atoms with Crippen LogP contribution in [0.5, 0.6) is 0 Å². The van der Waals surface area contributed by atoms with Crippen LogP contribution in [-0.2, 0) is 37.1 Å². The van der Waals surface area contributed by atoms with Crippen molar-refractivity contribution < 1.29 is 37.1 Å². The smallest absolute Gasteiger partial charge is 0.389 e. The molecule has 2 aromatic heterocycles. The molecule has 2 aromatic carbocycles. The molecule has 1 N–H and O–H groups in total. The summed E-state index contributed by atoms with van der Waals surface area (Å²) in [7, 11) is 0. The number of rotatable bonds is 6. The molecule has 0 saturated carbocycles. The Kier molecular flexibility index (Phi) is 7.78. The van der Waals surface area contributed by atoms with Gasteiger partial charge in [0.2, 0.25) is 5.91 Å². The summed E-state index contributed by atoms with van der Waals surface area (Å²) < 4.78 is 55.6. The predicted molar refractivity (Wildman–Crippen MR) is 152 cm³/mol. The number of carbonyl (C=O) groups excluding carboxylic acids is 2. The molecule has 14 heteroatoms. The minimum Gasteiger partial charge on any atom is -0.478 e. The molecule has 0 spiro atoms. The molecule has 3 heterocycles. The van der Waals surface area contributed by atoms with Crippen LogP contribution in [0.1, 0.15) is 60.9 Å². The fourth-order valence-corrected chi connectivity index (χ4v) is 6.89. The highest BCUT2D eigenvalue weighted by molar-refractivity contribution is 7.09. The summed E-state index contributed by atoms with van der Waals surface area (Å²) in [6.07, 6.45) is -5.44. The van der Waals surface area contributed by atoms with E-state index in [1.807, 2.05) is 0 Å². The summed E-state index contributed by atoms with van der Waals surface area (Å²) >= 11 is 7.84. The lowest BCUT2D eigenvalue weighted by molar-refractivity contribution is -0.136. The van der Waals surface area contributed by atoms with Crippen LogP contribution in [0.15, 0.2) is 41.9 Å². The van der Waals surface area contributed by atoms with Crippen LogP contribution >= 0.6 is 22.9 Å². The third-order valence-corrected chi connectivity index (χ3v) is 9.16. The molecule has 228 valence electrons. The molecule has 44 heavy (non-hydrogen) atoms. The van der Waals surface area contributed by atoms with E-state index in [2.05, 4.69) is 10.1 Å². The maximum absolute atomic E-state index is 15.3. The highest BCUT2D eigenvalue weighted by Crippen LogP contribution is 2.38. The van der Waals surface area contributed by atoms with Gasteiger partial charge in [0.25, 0.3) is 5.91 Å². The molecule has 4 aromatic rings. The lowest BCUT2D eigenvalue weighted by Crippen LogP contribution is -2.36. The first kappa shape index (κ1) is 29.9. The normalized spacial score (nSPS) is 16.1. The topological polar surface area (TPSA) is 105 Å². The number of carboxylic acid groups (broad SMARTS) is 1.